The van der Waals surface area contributed by atoms with Crippen LogP contribution in [0, 0.1) is 17.2 Å². The predicted molar refractivity (Wildman–Crippen MR) is 50.0 cm³/mol. The van der Waals surface area contributed by atoms with Crippen LogP contribution in [0.15, 0.2) is 0 Å². The number of nitrogens with zero attached hydrogens (tertiary/aromatic N) is 1. The van der Waals surface area contributed by atoms with E-state index in [1.165, 1.54) is 6.92 Å². The summed E-state index contributed by atoms with van der Waals surface area (Å²) in [5.74, 6) is -0.997. The second kappa shape index (κ2) is 3.96. The quantitative estimate of drug-likeness (QED) is 0.671. The third-order valence-corrected chi connectivity index (χ3v) is 3.93. The number of hydrogen-bond acceptors (Lipinski definition) is 4. The summed E-state index contributed by atoms with van der Waals surface area (Å²) in [7, 11) is -2.97. The zero-order valence-corrected chi connectivity index (χ0v) is 8.67. The van der Waals surface area contributed by atoms with Crippen LogP contribution in [0.5, 0.6) is 0 Å². The van der Waals surface area contributed by atoms with Crippen molar-refractivity contribution in [2.24, 2.45) is 5.92 Å². The summed E-state index contributed by atoms with van der Waals surface area (Å²) in [6, 6.07) is 1.48. The average molecular weight is 216 g/mol. The number of carbonyl (C=O) groups is 1. The Morgan fingerprint density at radius 2 is 2.29 bits per heavy atom. The molecule has 0 saturated carbocycles. The van der Waals surface area contributed by atoms with Gasteiger partial charge in [-0.05, 0) is 13.3 Å². The molecule has 2 unspecified atom stereocenters. The van der Waals surface area contributed by atoms with Crippen LogP contribution in [0.1, 0.15) is 13.3 Å². The number of sulfone groups is 1. The molecule has 1 aliphatic heterocycles. The van der Waals surface area contributed by atoms with Crippen LogP contribution in [0.3, 0.4) is 0 Å². The maximum absolute atomic E-state index is 11.2. The Labute approximate surface area is 83.0 Å². The largest absolute Gasteiger partial charge is 0.351 e. The molecule has 1 rings (SSSR count). The second-order valence-corrected chi connectivity index (χ2v) is 5.69. The maximum atomic E-state index is 11.2. The minimum absolute atomic E-state index is 0.00309. The van der Waals surface area contributed by atoms with Crippen molar-refractivity contribution in [3.63, 3.8) is 0 Å². The van der Waals surface area contributed by atoms with Gasteiger partial charge in [0.1, 0.15) is 5.92 Å². The van der Waals surface area contributed by atoms with Crippen molar-refractivity contribution in [1.82, 2.24) is 5.32 Å². The maximum Gasteiger partial charge on any atom is 0.237 e. The first-order valence-corrected chi connectivity index (χ1v) is 6.17. The molecular weight excluding hydrogens is 204 g/mol. The van der Waals surface area contributed by atoms with Crippen molar-refractivity contribution >= 4 is 15.7 Å². The summed E-state index contributed by atoms with van der Waals surface area (Å²) >= 11 is 0. The molecule has 0 spiro atoms. The van der Waals surface area contributed by atoms with E-state index in [2.05, 4.69) is 5.32 Å². The summed E-state index contributed by atoms with van der Waals surface area (Å²) in [6.45, 7) is 1.48. The molecule has 1 fully saturated rings. The first-order valence-electron chi connectivity index (χ1n) is 4.35. The van der Waals surface area contributed by atoms with Crippen LogP contribution in [0.4, 0.5) is 0 Å². The van der Waals surface area contributed by atoms with E-state index >= 15 is 0 Å². The third kappa shape index (κ3) is 2.70. The number of carbonyl (C=O) groups excluding carboxylic acids is 1. The lowest BCUT2D eigenvalue weighted by Gasteiger charge is -2.11. The Morgan fingerprint density at radius 1 is 1.64 bits per heavy atom. The fourth-order valence-corrected chi connectivity index (χ4v) is 2.97. The zero-order chi connectivity index (χ0) is 10.8. The molecular formula is C8H12N2O3S. The topological polar surface area (TPSA) is 87.0 Å². The van der Waals surface area contributed by atoms with E-state index < -0.39 is 21.7 Å². The number of hydrogen-bond donors (Lipinski definition) is 1. The van der Waals surface area contributed by atoms with Crippen LogP contribution >= 0.6 is 0 Å². The van der Waals surface area contributed by atoms with Gasteiger partial charge >= 0.3 is 0 Å². The van der Waals surface area contributed by atoms with Crippen molar-refractivity contribution in [3.8, 4) is 6.07 Å². The Balaban J connectivity index is 2.49. The molecule has 0 bridgehead atoms. The highest BCUT2D eigenvalue weighted by atomic mass is 32.2. The highest BCUT2D eigenvalue weighted by Crippen LogP contribution is 2.11. The second-order valence-electron chi connectivity index (χ2n) is 3.46. The van der Waals surface area contributed by atoms with Gasteiger partial charge in [-0.25, -0.2) is 8.42 Å². The van der Waals surface area contributed by atoms with Crippen LogP contribution in [-0.4, -0.2) is 31.9 Å². The van der Waals surface area contributed by atoms with Crippen molar-refractivity contribution < 1.29 is 13.2 Å². The lowest BCUT2D eigenvalue weighted by atomic mass is 10.1. The van der Waals surface area contributed by atoms with E-state index in [1.807, 2.05) is 0 Å². The molecule has 78 valence electrons. The minimum Gasteiger partial charge on any atom is -0.351 e. The van der Waals surface area contributed by atoms with Crippen molar-refractivity contribution in [2.75, 3.05) is 11.5 Å². The monoisotopic (exact) mass is 216 g/mol. The van der Waals surface area contributed by atoms with Gasteiger partial charge in [0.15, 0.2) is 9.84 Å². The Hall–Kier alpha value is -1.09. The zero-order valence-electron chi connectivity index (χ0n) is 7.86. The summed E-state index contributed by atoms with van der Waals surface area (Å²) in [6.07, 6.45) is 0.451. The van der Waals surface area contributed by atoms with Gasteiger partial charge in [0.25, 0.3) is 0 Å². The molecule has 2 atom stereocenters. The highest BCUT2D eigenvalue weighted by Gasteiger charge is 2.29. The molecule has 5 nitrogen and oxygen atoms in total. The van der Waals surface area contributed by atoms with Crippen molar-refractivity contribution in [1.29, 1.82) is 5.26 Å². The molecule has 1 aliphatic rings. The van der Waals surface area contributed by atoms with Gasteiger partial charge in [-0.2, -0.15) is 5.26 Å². The lowest BCUT2D eigenvalue weighted by Crippen LogP contribution is -2.38. The first-order chi connectivity index (χ1) is 6.44. The average Bonchev–Trinajstić information content (AvgIpc) is 2.44. The summed E-state index contributed by atoms with van der Waals surface area (Å²) in [5.41, 5.74) is 0. The van der Waals surface area contributed by atoms with Crippen LogP contribution in [0.25, 0.3) is 0 Å². The number of nitriles is 1. The van der Waals surface area contributed by atoms with E-state index in [4.69, 9.17) is 5.26 Å². The Kier molecular flexibility index (Phi) is 3.11. The van der Waals surface area contributed by atoms with E-state index in [0.29, 0.717) is 6.42 Å². The van der Waals surface area contributed by atoms with Gasteiger partial charge in [-0.15, -0.1) is 0 Å². The number of nitrogens with one attached hydrogen (secondary N) is 1. The molecule has 0 aliphatic carbocycles. The molecule has 0 aromatic rings. The Morgan fingerprint density at radius 3 is 2.71 bits per heavy atom. The van der Waals surface area contributed by atoms with Gasteiger partial charge < -0.3 is 5.32 Å². The van der Waals surface area contributed by atoms with E-state index in [9.17, 15) is 13.2 Å². The smallest absolute Gasteiger partial charge is 0.237 e. The van der Waals surface area contributed by atoms with Crippen LogP contribution < -0.4 is 5.32 Å². The van der Waals surface area contributed by atoms with Crippen molar-refractivity contribution in [3.05, 3.63) is 0 Å². The third-order valence-electron chi connectivity index (χ3n) is 2.17. The fraction of sp³-hybridized carbons (Fsp3) is 0.750. The fourth-order valence-electron chi connectivity index (χ4n) is 1.29. The normalized spacial score (nSPS) is 26.4. The molecule has 6 heteroatoms. The molecule has 1 N–H and O–H groups in total. The van der Waals surface area contributed by atoms with E-state index in [1.54, 1.807) is 6.07 Å². The number of amides is 1. The molecule has 1 saturated heterocycles. The molecule has 1 heterocycles. The van der Waals surface area contributed by atoms with E-state index in [-0.39, 0.29) is 17.5 Å². The van der Waals surface area contributed by atoms with Crippen molar-refractivity contribution in [2.45, 2.75) is 19.4 Å². The minimum atomic E-state index is -2.97. The molecule has 0 aromatic carbocycles. The first kappa shape index (κ1) is 11.0. The summed E-state index contributed by atoms with van der Waals surface area (Å²) in [5, 5.41) is 11.0. The molecule has 0 aromatic heterocycles. The van der Waals surface area contributed by atoms with Gasteiger partial charge in [0.2, 0.25) is 5.91 Å². The molecule has 1 amide bonds. The Bertz CT molecular complexity index is 369. The van der Waals surface area contributed by atoms with Crippen LogP contribution in [0.2, 0.25) is 0 Å². The predicted octanol–water partition coefficient (Wildman–Crippen LogP) is -0.551. The van der Waals surface area contributed by atoms with E-state index in [0.717, 1.165) is 0 Å². The van der Waals surface area contributed by atoms with Gasteiger partial charge in [0, 0.05) is 6.04 Å². The van der Waals surface area contributed by atoms with Gasteiger partial charge in [-0.3, -0.25) is 4.79 Å². The molecule has 0 radical (unpaired) electrons. The van der Waals surface area contributed by atoms with Gasteiger partial charge in [-0.1, -0.05) is 0 Å². The van der Waals surface area contributed by atoms with Crippen LogP contribution in [-0.2, 0) is 14.6 Å². The SMILES string of the molecule is CC(C#N)C(=O)NC1CCS(=O)(=O)C1. The summed E-state index contributed by atoms with van der Waals surface area (Å²) in [4.78, 5) is 11.2. The highest BCUT2D eigenvalue weighted by molar-refractivity contribution is 7.91. The summed E-state index contributed by atoms with van der Waals surface area (Å²) < 4.78 is 22.1. The molecule has 14 heavy (non-hydrogen) atoms. The van der Waals surface area contributed by atoms with Gasteiger partial charge in [0.05, 0.1) is 17.6 Å². The number of rotatable bonds is 2. The standard InChI is InChI=1S/C8H12N2O3S/c1-6(4-9)8(11)10-7-2-3-14(12,13)5-7/h6-7H,2-3,5H2,1H3,(H,10,11). The lowest BCUT2D eigenvalue weighted by molar-refractivity contribution is -0.123.